The van der Waals surface area contributed by atoms with Gasteiger partial charge in [-0.3, -0.25) is 4.90 Å². The van der Waals surface area contributed by atoms with E-state index in [4.69, 9.17) is 9.72 Å². The first-order valence-electron chi connectivity index (χ1n) is 12.5. The number of rotatable bonds is 4. The summed E-state index contributed by atoms with van der Waals surface area (Å²) in [7, 11) is 0. The van der Waals surface area contributed by atoms with E-state index in [2.05, 4.69) is 21.9 Å². The number of amides is 1. The Hall–Kier alpha value is -1.82. The average Bonchev–Trinajstić information content (AvgIpc) is 3.25. The van der Waals surface area contributed by atoms with Crippen molar-refractivity contribution in [1.82, 2.24) is 14.8 Å². The maximum Gasteiger partial charge on any atom is 0.409 e. The summed E-state index contributed by atoms with van der Waals surface area (Å²) in [5.41, 5.74) is 1.84. The smallest absolute Gasteiger partial charge is 0.409 e. The number of carbonyl (C=O) groups excluding carboxylic acids is 1. The summed E-state index contributed by atoms with van der Waals surface area (Å²) in [4.78, 5) is 23.9. The molecule has 2 saturated carbocycles. The Bertz CT molecular complexity index is 765. The van der Waals surface area contributed by atoms with Gasteiger partial charge in [-0.25, -0.2) is 9.78 Å². The fourth-order valence-corrected chi connectivity index (χ4v) is 6.59. The number of hydrogen-bond donors (Lipinski definition) is 0. The maximum absolute atomic E-state index is 11.9. The van der Waals surface area contributed by atoms with Gasteiger partial charge in [-0.1, -0.05) is 25.3 Å². The van der Waals surface area contributed by atoms with Crippen LogP contribution in [-0.2, 0) is 4.74 Å². The van der Waals surface area contributed by atoms with Crippen molar-refractivity contribution in [2.45, 2.75) is 70.3 Å². The molecule has 2 aliphatic carbocycles. The lowest BCUT2D eigenvalue weighted by atomic mass is 9.78. The van der Waals surface area contributed by atoms with Gasteiger partial charge >= 0.3 is 6.09 Å². The van der Waals surface area contributed by atoms with Crippen LogP contribution < -0.4 is 4.90 Å². The zero-order valence-corrected chi connectivity index (χ0v) is 19.1. The molecule has 6 nitrogen and oxygen atoms in total. The van der Waals surface area contributed by atoms with E-state index in [1.165, 1.54) is 62.7 Å². The van der Waals surface area contributed by atoms with Crippen LogP contribution in [0.15, 0.2) is 18.3 Å². The third kappa shape index (κ3) is 4.28. The van der Waals surface area contributed by atoms with Crippen LogP contribution in [0.4, 0.5) is 10.6 Å². The Morgan fingerprint density at radius 2 is 1.90 bits per heavy atom. The van der Waals surface area contributed by atoms with Crippen LogP contribution in [0.5, 0.6) is 0 Å². The van der Waals surface area contributed by atoms with Gasteiger partial charge in [0.25, 0.3) is 0 Å². The molecule has 4 fully saturated rings. The monoisotopic (exact) mass is 426 g/mol. The molecule has 31 heavy (non-hydrogen) atoms. The van der Waals surface area contributed by atoms with Gasteiger partial charge in [0.15, 0.2) is 0 Å². The number of aromatic nitrogens is 1. The maximum atomic E-state index is 11.9. The van der Waals surface area contributed by atoms with Crippen molar-refractivity contribution in [3.8, 4) is 0 Å². The highest BCUT2D eigenvalue weighted by Gasteiger charge is 2.51. The molecule has 0 bridgehead atoms. The van der Waals surface area contributed by atoms with Gasteiger partial charge in [-0.2, -0.15) is 0 Å². The molecule has 1 spiro atoms. The molecule has 5 rings (SSSR count). The van der Waals surface area contributed by atoms with Crippen LogP contribution in [0, 0.1) is 5.41 Å². The molecule has 0 N–H and O–H groups in total. The molecule has 2 saturated heterocycles. The Morgan fingerprint density at radius 1 is 1.13 bits per heavy atom. The number of piperazine rings is 1. The van der Waals surface area contributed by atoms with Crippen LogP contribution in [-0.4, -0.2) is 72.8 Å². The predicted molar refractivity (Wildman–Crippen MR) is 123 cm³/mol. The zero-order valence-electron chi connectivity index (χ0n) is 19.1. The van der Waals surface area contributed by atoms with Crippen LogP contribution in [0.25, 0.3) is 0 Å². The third-order valence-corrected chi connectivity index (χ3v) is 8.25. The molecule has 1 aromatic rings. The fraction of sp³-hybridized carbons (Fsp3) is 0.760. The number of pyridine rings is 1. The summed E-state index contributed by atoms with van der Waals surface area (Å²) in [6.07, 6.45) is 12.4. The second-order valence-electron chi connectivity index (χ2n) is 10.2. The fourth-order valence-electron chi connectivity index (χ4n) is 6.59. The summed E-state index contributed by atoms with van der Waals surface area (Å²) in [5, 5.41) is 0. The van der Waals surface area contributed by atoms with Crippen LogP contribution >= 0.6 is 0 Å². The number of nitrogens with zero attached hydrogens (tertiary/aromatic N) is 4. The molecule has 6 heteroatoms. The van der Waals surface area contributed by atoms with Crippen LogP contribution in [0.1, 0.15) is 69.8 Å². The second-order valence-corrected chi connectivity index (χ2v) is 10.2. The molecule has 0 aromatic carbocycles. The number of ether oxygens (including phenoxy) is 1. The summed E-state index contributed by atoms with van der Waals surface area (Å²) >= 11 is 0. The molecule has 1 aromatic heterocycles. The minimum Gasteiger partial charge on any atom is -0.450 e. The summed E-state index contributed by atoms with van der Waals surface area (Å²) in [5.74, 6) is 1.95. The molecule has 0 unspecified atom stereocenters. The van der Waals surface area contributed by atoms with E-state index < -0.39 is 0 Å². The van der Waals surface area contributed by atoms with E-state index in [0.29, 0.717) is 24.0 Å². The van der Waals surface area contributed by atoms with Crippen molar-refractivity contribution in [2.24, 2.45) is 5.41 Å². The lowest BCUT2D eigenvalue weighted by molar-refractivity contribution is -0.00294. The van der Waals surface area contributed by atoms with Gasteiger partial charge in [0, 0.05) is 56.9 Å². The van der Waals surface area contributed by atoms with Crippen molar-refractivity contribution in [2.75, 3.05) is 50.8 Å². The highest BCUT2D eigenvalue weighted by Crippen LogP contribution is 2.47. The molecular formula is C25H38N4O2. The van der Waals surface area contributed by atoms with Gasteiger partial charge in [0.1, 0.15) is 5.82 Å². The first-order valence-corrected chi connectivity index (χ1v) is 12.5. The zero-order chi connectivity index (χ0) is 21.3. The van der Waals surface area contributed by atoms with E-state index in [1.54, 1.807) is 0 Å². The quantitative estimate of drug-likeness (QED) is 0.720. The van der Waals surface area contributed by atoms with Crippen molar-refractivity contribution in [1.29, 1.82) is 0 Å². The Labute approximate surface area is 186 Å². The van der Waals surface area contributed by atoms with Crippen molar-refractivity contribution in [3.63, 3.8) is 0 Å². The van der Waals surface area contributed by atoms with Gasteiger partial charge < -0.3 is 14.5 Å². The SMILES string of the molecule is CCOC(=O)N1CC2(CC[C@@H](N3CCN(c4ncccc4C4CCCCC4)CC3)C2)C1. The first kappa shape index (κ1) is 21.0. The summed E-state index contributed by atoms with van der Waals surface area (Å²) < 4.78 is 5.16. The molecule has 1 amide bonds. The van der Waals surface area contributed by atoms with E-state index in [0.717, 1.165) is 39.3 Å². The van der Waals surface area contributed by atoms with Gasteiger partial charge in [-0.05, 0) is 56.6 Å². The largest absolute Gasteiger partial charge is 0.450 e. The van der Waals surface area contributed by atoms with Crippen molar-refractivity contribution in [3.05, 3.63) is 23.9 Å². The van der Waals surface area contributed by atoms with E-state index in [-0.39, 0.29) is 6.09 Å². The summed E-state index contributed by atoms with van der Waals surface area (Å²) in [6, 6.07) is 5.13. The molecule has 2 aliphatic heterocycles. The van der Waals surface area contributed by atoms with Crippen LogP contribution in [0.2, 0.25) is 0 Å². The van der Waals surface area contributed by atoms with Gasteiger partial charge in [0.05, 0.1) is 6.61 Å². The number of anilines is 1. The molecular weight excluding hydrogens is 388 g/mol. The van der Waals surface area contributed by atoms with E-state index >= 15 is 0 Å². The van der Waals surface area contributed by atoms with Gasteiger partial charge in [0.2, 0.25) is 0 Å². The molecule has 3 heterocycles. The average molecular weight is 427 g/mol. The molecule has 170 valence electrons. The molecule has 0 radical (unpaired) electrons. The Morgan fingerprint density at radius 3 is 2.65 bits per heavy atom. The summed E-state index contributed by atoms with van der Waals surface area (Å²) in [6.45, 7) is 8.54. The van der Waals surface area contributed by atoms with E-state index in [1.807, 2.05) is 18.0 Å². The standard InChI is InChI=1S/C25H38N4O2/c1-2-31-24(30)29-18-25(19-29)11-10-21(17-25)27-13-15-28(16-14-27)23-22(9-6-12-26-23)20-7-4-3-5-8-20/h6,9,12,20-21H,2-5,7-8,10-11,13-19H2,1H3/t21-/m1/s1. The number of likely N-dealkylation sites (tertiary alicyclic amines) is 1. The topological polar surface area (TPSA) is 48.9 Å². The molecule has 4 aliphatic rings. The highest BCUT2D eigenvalue weighted by atomic mass is 16.6. The minimum atomic E-state index is -0.130. The number of carbonyl (C=O) groups is 1. The lowest BCUT2D eigenvalue weighted by Crippen LogP contribution is -2.58. The van der Waals surface area contributed by atoms with Gasteiger partial charge in [-0.15, -0.1) is 0 Å². The highest BCUT2D eigenvalue weighted by molar-refractivity contribution is 5.69. The Balaban J connectivity index is 1.15. The molecule has 1 atom stereocenters. The van der Waals surface area contributed by atoms with E-state index in [9.17, 15) is 4.79 Å². The lowest BCUT2D eigenvalue weighted by Gasteiger charge is -2.48. The minimum absolute atomic E-state index is 0.130. The predicted octanol–water partition coefficient (Wildman–Crippen LogP) is 4.26. The Kier molecular flexibility index (Phi) is 6.09. The normalized spacial score (nSPS) is 26.8. The first-order chi connectivity index (χ1) is 15.2. The van der Waals surface area contributed by atoms with Crippen molar-refractivity contribution >= 4 is 11.9 Å². The number of hydrogen-bond acceptors (Lipinski definition) is 5. The van der Waals surface area contributed by atoms with Crippen molar-refractivity contribution < 1.29 is 9.53 Å². The third-order valence-electron chi connectivity index (χ3n) is 8.25. The van der Waals surface area contributed by atoms with Crippen LogP contribution in [0.3, 0.4) is 0 Å². The second kappa shape index (κ2) is 8.97.